The van der Waals surface area contributed by atoms with Crippen LogP contribution in [0.4, 0.5) is 5.82 Å². The van der Waals surface area contributed by atoms with Gasteiger partial charge in [-0.1, -0.05) is 0 Å². The van der Waals surface area contributed by atoms with Crippen LogP contribution in [0.15, 0.2) is 10.5 Å². The molecule has 1 aromatic rings. The summed E-state index contributed by atoms with van der Waals surface area (Å²) >= 11 is 3.55. The Morgan fingerprint density at radius 1 is 1.48 bits per heavy atom. The molecule has 6 nitrogen and oxygen atoms in total. The van der Waals surface area contributed by atoms with Gasteiger partial charge in [0.25, 0.3) is 0 Å². The van der Waals surface area contributed by atoms with Gasteiger partial charge < -0.3 is 14.5 Å². The van der Waals surface area contributed by atoms with Gasteiger partial charge in [-0.05, 0) is 41.8 Å². The van der Waals surface area contributed by atoms with Gasteiger partial charge in [0.2, 0.25) is 5.91 Å². The van der Waals surface area contributed by atoms with Gasteiger partial charge in [0, 0.05) is 43.2 Å². The molecule has 1 amide bonds. The quantitative estimate of drug-likeness (QED) is 0.751. The van der Waals surface area contributed by atoms with Crippen LogP contribution in [0.3, 0.4) is 0 Å². The Labute approximate surface area is 156 Å². The van der Waals surface area contributed by atoms with Crippen molar-refractivity contribution in [2.75, 3.05) is 38.3 Å². The van der Waals surface area contributed by atoms with Crippen LogP contribution in [-0.4, -0.2) is 55.2 Å². The van der Waals surface area contributed by atoms with Crippen molar-refractivity contribution in [3.63, 3.8) is 0 Å². The van der Waals surface area contributed by atoms with Gasteiger partial charge >= 0.3 is 0 Å². The van der Waals surface area contributed by atoms with Gasteiger partial charge in [-0.3, -0.25) is 4.79 Å². The number of hydrogen-bond donors (Lipinski definition) is 0. The van der Waals surface area contributed by atoms with Gasteiger partial charge in [-0.2, -0.15) is 5.26 Å². The fraction of sp³-hybridized carbons (Fsp3) is 0.611. The molecule has 0 aromatic carbocycles. The summed E-state index contributed by atoms with van der Waals surface area (Å²) in [6.45, 7) is 4.51. The molecule has 1 aliphatic heterocycles. The first-order chi connectivity index (χ1) is 12.0. The van der Waals surface area contributed by atoms with E-state index in [0.717, 1.165) is 28.8 Å². The van der Waals surface area contributed by atoms with Crippen molar-refractivity contribution in [2.45, 2.75) is 38.1 Å². The lowest BCUT2D eigenvalue weighted by Crippen LogP contribution is -2.54. The van der Waals surface area contributed by atoms with Crippen molar-refractivity contribution in [1.29, 1.82) is 5.26 Å². The van der Waals surface area contributed by atoms with E-state index in [2.05, 4.69) is 26.9 Å². The standard InChI is InChI=1S/C18H23BrN4O2/c1-12-11-22(6-7-23(12)16(24)5-8-25-2)18-14(10-20)9-15(19)17(21-18)13-3-4-13/h9,12-13H,3-8,11H2,1-2H3. The number of rotatable bonds is 5. The van der Waals surface area contributed by atoms with Crippen LogP contribution in [0, 0.1) is 11.3 Å². The van der Waals surface area contributed by atoms with Crippen LogP contribution in [0.5, 0.6) is 0 Å². The van der Waals surface area contributed by atoms with Crippen LogP contribution in [-0.2, 0) is 9.53 Å². The van der Waals surface area contributed by atoms with Gasteiger partial charge in [0.05, 0.1) is 24.3 Å². The van der Waals surface area contributed by atoms with Crippen LogP contribution >= 0.6 is 15.9 Å². The maximum atomic E-state index is 12.3. The molecule has 2 aliphatic rings. The predicted octanol–water partition coefficient (Wildman–Crippen LogP) is 2.67. The van der Waals surface area contributed by atoms with Crippen molar-refractivity contribution in [3.8, 4) is 6.07 Å². The molecule has 3 rings (SSSR count). The number of anilines is 1. The highest BCUT2D eigenvalue weighted by Crippen LogP contribution is 2.43. The fourth-order valence-corrected chi connectivity index (χ4v) is 3.95. The highest BCUT2D eigenvalue weighted by molar-refractivity contribution is 9.10. The van der Waals surface area contributed by atoms with Gasteiger partial charge in [-0.25, -0.2) is 4.98 Å². The summed E-state index contributed by atoms with van der Waals surface area (Å²) in [4.78, 5) is 21.1. The molecule has 1 aromatic heterocycles. The monoisotopic (exact) mass is 406 g/mol. The molecule has 1 saturated heterocycles. The average molecular weight is 407 g/mol. The molecule has 134 valence electrons. The van der Waals surface area contributed by atoms with Gasteiger partial charge in [0.15, 0.2) is 0 Å². The molecule has 0 radical (unpaired) electrons. The first kappa shape index (κ1) is 18.2. The third kappa shape index (κ3) is 3.96. The number of hydrogen-bond acceptors (Lipinski definition) is 5. The zero-order chi connectivity index (χ0) is 18.0. The molecule has 2 heterocycles. The minimum absolute atomic E-state index is 0.0828. The summed E-state index contributed by atoms with van der Waals surface area (Å²) in [5.41, 5.74) is 1.64. The molecule has 0 N–H and O–H groups in total. The number of halogens is 1. The normalized spacial score (nSPS) is 20.5. The molecule has 1 aliphatic carbocycles. The number of pyridine rings is 1. The second-order valence-electron chi connectivity index (χ2n) is 6.74. The third-order valence-electron chi connectivity index (χ3n) is 4.83. The largest absolute Gasteiger partial charge is 0.384 e. The predicted molar refractivity (Wildman–Crippen MR) is 98.5 cm³/mol. The SMILES string of the molecule is COCCC(=O)N1CCN(c2nc(C3CC3)c(Br)cc2C#N)CC1C. The summed E-state index contributed by atoms with van der Waals surface area (Å²) in [5.74, 6) is 1.38. The van der Waals surface area contributed by atoms with Crippen molar-refractivity contribution in [2.24, 2.45) is 0 Å². The zero-order valence-electron chi connectivity index (χ0n) is 14.7. The Morgan fingerprint density at radius 3 is 2.84 bits per heavy atom. The Morgan fingerprint density at radius 2 is 2.24 bits per heavy atom. The van der Waals surface area contributed by atoms with E-state index < -0.39 is 0 Å². The van der Waals surface area contributed by atoms with Crippen molar-refractivity contribution < 1.29 is 9.53 Å². The first-order valence-corrected chi connectivity index (χ1v) is 9.48. The van der Waals surface area contributed by atoms with E-state index in [9.17, 15) is 10.1 Å². The lowest BCUT2D eigenvalue weighted by molar-refractivity contribution is -0.134. The average Bonchev–Trinajstić information content (AvgIpc) is 3.44. The summed E-state index contributed by atoms with van der Waals surface area (Å²) < 4.78 is 5.93. The molecule has 2 fully saturated rings. The Balaban J connectivity index is 1.76. The molecule has 0 spiro atoms. The molecular weight excluding hydrogens is 384 g/mol. The lowest BCUT2D eigenvalue weighted by atomic mass is 10.1. The second kappa shape index (κ2) is 7.71. The molecule has 7 heteroatoms. The topological polar surface area (TPSA) is 69.5 Å². The smallest absolute Gasteiger partial charge is 0.225 e. The summed E-state index contributed by atoms with van der Waals surface area (Å²) in [5, 5.41) is 9.51. The number of carbonyl (C=O) groups excluding carboxylic acids is 1. The van der Waals surface area contributed by atoms with E-state index in [1.54, 1.807) is 7.11 Å². The second-order valence-corrected chi connectivity index (χ2v) is 7.59. The van der Waals surface area contributed by atoms with Gasteiger partial charge in [-0.15, -0.1) is 0 Å². The number of nitrogens with zero attached hydrogens (tertiary/aromatic N) is 4. The van der Waals surface area contributed by atoms with Crippen LogP contribution in [0.25, 0.3) is 0 Å². The molecule has 1 saturated carbocycles. The Kier molecular flexibility index (Phi) is 5.60. The minimum atomic E-state index is 0.0828. The molecule has 1 atom stereocenters. The maximum Gasteiger partial charge on any atom is 0.225 e. The van der Waals surface area contributed by atoms with E-state index in [1.165, 1.54) is 0 Å². The fourth-order valence-electron chi connectivity index (χ4n) is 3.31. The Bertz CT molecular complexity index is 699. The van der Waals surface area contributed by atoms with E-state index >= 15 is 0 Å². The molecular formula is C18H23BrN4O2. The summed E-state index contributed by atoms with van der Waals surface area (Å²) in [7, 11) is 1.61. The van der Waals surface area contributed by atoms with Crippen molar-refractivity contribution in [3.05, 3.63) is 21.8 Å². The van der Waals surface area contributed by atoms with E-state index in [1.807, 2.05) is 17.9 Å². The molecule has 0 bridgehead atoms. The highest BCUT2D eigenvalue weighted by Gasteiger charge is 2.32. The summed E-state index contributed by atoms with van der Waals surface area (Å²) in [6, 6.07) is 4.23. The summed E-state index contributed by atoms with van der Waals surface area (Å²) in [6.07, 6.45) is 2.73. The molecule has 25 heavy (non-hydrogen) atoms. The number of methoxy groups -OCH3 is 1. The minimum Gasteiger partial charge on any atom is -0.384 e. The van der Waals surface area contributed by atoms with E-state index in [-0.39, 0.29) is 11.9 Å². The van der Waals surface area contributed by atoms with Crippen LogP contribution < -0.4 is 4.90 Å². The van der Waals surface area contributed by atoms with Crippen LogP contribution in [0.2, 0.25) is 0 Å². The highest BCUT2D eigenvalue weighted by atomic mass is 79.9. The number of ether oxygens (including phenoxy) is 1. The third-order valence-corrected chi connectivity index (χ3v) is 5.47. The lowest BCUT2D eigenvalue weighted by Gasteiger charge is -2.40. The number of nitriles is 1. The van der Waals surface area contributed by atoms with Crippen LogP contribution in [0.1, 0.15) is 43.4 Å². The first-order valence-electron chi connectivity index (χ1n) is 8.69. The number of piperazine rings is 1. The molecule has 1 unspecified atom stereocenters. The maximum absolute atomic E-state index is 12.3. The number of carbonyl (C=O) groups is 1. The zero-order valence-corrected chi connectivity index (χ0v) is 16.3. The van der Waals surface area contributed by atoms with Crippen molar-refractivity contribution in [1.82, 2.24) is 9.88 Å². The van der Waals surface area contributed by atoms with Gasteiger partial charge in [0.1, 0.15) is 11.9 Å². The van der Waals surface area contributed by atoms with E-state index in [4.69, 9.17) is 9.72 Å². The number of aromatic nitrogens is 1. The Hall–Kier alpha value is -1.65. The van der Waals surface area contributed by atoms with E-state index in [0.29, 0.717) is 44.1 Å². The number of amides is 1. The van der Waals surface area contributed by atoms with Crippen molar-refractivity contribution >= 4 is 27.7 Å².